The van der Waals surface area contributed by atoms with Gasteiger partial charge in [-0.3, -0.25) is 0 Å². The maximum Gasteiger partial charge on any atom is 0.202 e. The molecule has 1 unspecified atom stereocenters. The number of halogens is 2. The van der Waals surface area contributed by atoms with Crippen molar-refractivity contribution in [3.8, 4) is 0 Å². The van der Waals surface area contributed by atoms with Crippen LogP contribution in [-0.2, 0) is 5.41 Å². The van der Waals surface area contributed by atoms with Gasteiger partial charge in [0, 0.05) is 28.0 Å². The molecule has 4 heteroatoms. The average molecular weight is 456 g/mol. The van der Waals surface area contributed by atoms with E-state index >= 15 is 0 Å². The first kappa shape index (κ1) is 18.5. The molecule has 0 radical (unpaired) electrons. The van der Waals surface area contributed by atoms with E-state index in [4.69, 9.17) is 4.42 Å². The fourth-order valence-electron chi connectivity index (χ4n) is 2.57. The Morgan fingerprint density at radius 2 is 1.65 bits per heavy atom. The predicted molar refractivity (Wildman–Crippen MR) is 97.2 cm³/mol. The van der Waals surface area contributed by atoms with E-state index in [0.717, 1.165) is 14.3 Å². The molecule has 1 rings (SSSR count). The lowest BCUT2D eigenvalue weighted by atomic mass is 9.80. The summed E-state index contributed by atoms with van der Waals surface area (Å²) in [6.07, 6.45) is 11.4. The molecular weight excluding hydrogens is 429 g/mol. The number of hydrogen-bond donors (Lipinski definition) is 0. The van der Waals surface area contributed by atoms with Crippen LogP contribution in [-0.4, -0.2) is 4.98 Å². The van der Waals surface area contributed by atoms with E-state index in [1.54, 1.807) is 0 Å². The molecule has 0 spiro atoms. The molecule has 1 aromatic rings. The normalized spacial score (nSPS) is 14.4. The third kappa shape index (κ3) is 5.66. The van der Waals surface area contributed by atoms with Crippen molar-refractivity contribution < 1.29 is 4.42 Å². The molecule has 1 heterocycles. The van der Waals surface area contributed by atoms with E-state index in [9.17, 15) is 0 Å². The maximum absolute atomic E-state index is 5.88. The van der Waals surface area contributed by atoms with Gasteiger partial charge in [0.15, 0.2) is 8.37 Å². The van der Waals surface area contributed by atoms with Crippen LogP contribution in [0.4, 0.5) is 0 Å². The standard InChI is InChI=1S/C16H27BrINO/c1-4-6-8-9-10-12-16(3,11-7-5-2)15-19-13(17)14(18)20-15/h4-12H2,1-3H3. The van der Waals surface area contributed by atoms with Crippen LogP contribution in [0.5, 0.6) is 0 Å². The Bertz CT molecular complexity index is 374. The van der Waals surface area contributed by atoms with Crippen LogP contribution in [0.2, 0.25) is 0 Å². The molecule has 0 bridgehead atoms. The van der Waals surface area contributed by atoms with Gasteiger partial charge in [-0.2, -0.15) is 0 Å². The quantitative estimate of drug-likeness (QED) is 0.284. The van der Waals surface area contributed by atoms with Crippen molar-refractivity contribution in [1.29, 1.82) is 0 Å². The third-order valence-corrected chi connectivity index (χ3v) is 5.99. The van der Waals surface area contributed by atoms with Crippen LogP contribution in [0.25, 0.3) is 0 Å². The van der Waals surface area contributed by atoms with Crippen molar-refractivity contribution in [3.05, 3.63) is 14.3 Å². The molecule has 1 atom stereocenters. The molecule has 20 heavy (non-hydrogen) atoms. The molecule has 2 nitrogen and oxygen atoms in total. The van der Waals surface area contributed by atoms with E-state index < -0.39 is 0 Å². The lowest BCUT2D eigenvalue weighted by Crippen LogP contribution is -2.22. The first-order chi connectivity index (χ1) is 9.53. The van der Waals surface area contributed by atoms with Gasteiger partial charge in [-0.15, -0.1) is 0 Å². The molecule has 0 saturated heterocycles. The Kier molecular flexibility index (Phi) is 8.72. The summed E-state index contributed by atoms with van der Waals surface area (Å²) in [6.45, 7) is 6.82. The second-order valence-corrected chi connectivity index (χ2v) is 7.64. The summed E-state index contributed by atoms with van der Waals surface area (Å²) in [5, 5.41) is 0. The predicted octanol–water partition coefficient (Wildman–Crippen LogP) is 6.85. The summed E-state index contributed by atoms with van der Waals surface area (Å²) < 4.78 is 7.60. The highest BCUT2D eigenvalue weighted by Gasteiger charge is 2.31. The molecule has 0 aliphatic rings. The van der Waals surface area contributed by atoms with Crippen molar-refractivity contribution in [2.75, 3.05) is 0 Å². The molecule has 0 amide bonds. The average Bonchev–Trinajstić information content (AvgIpc) is 2.77. The lowest BCUT2D eigenvalue weighted by molar-refractivity contribution is 0.284. The van der Waals surface area contributed by atoms with Crippen LogP contribution in [0.15, 0.2) is 9.02 Å². The SMILES string of the molecule is CCCCCCCC(C)(CCCC)c1nc(Br)c(I)o1. The summed E-state index contributed by atoms with van der Waals surface area (Å²) >= 11 is 5.67. The smallest absolute Gasteiger partial charge is 0.202 e. The fraction of sp³-hybridized carbons (Fsp3) is 0.812. The summed E-state index contributed by atoms with van der Waals surface area (Å²) in [5.41, 5.74) is 0.0914. The zero-order valence-electron chi connectivity index (χ0n) is 13.0. The maximum atomic E-state index is 5.88. The minimum atomic E-state index is 0.0914. The van der Waals surface area contributed by atoms with Gasteiger partial charge < -0.3 is 4.42 Å². The number of unbranched alkanes of at least 4 members (excludes halogenated alkanes) is 5. The molecule has 0 saturated carbocycles. The Morgan fingerprint density at radius 1 is 1.05 bits per heavy atom. The van der Waals surface area contributed by atoms with Crippen molar-refractivity contribution in [3.63, 3.8) is 0 Å². The Balaban J connectivity index is 2.65. The molecule has 1 aromatic heterocycles. The van der Waals surface area contributed by atoms with E-state index in [-0.39, 0.29) is 5.41 Å². The van der Waals surface area contributed by atoms with E-state index in [0.29, 0.717) is 0 Å². The van der Waals surface area contributed by atoms with Gasteiger partial charge in [-0.05, 0) is 28.8 Å². The van der Waals surface area contributed by atoms with Gasteiger partial charge in [0.25, 0.3) is 0 Å². The van der Waals surface area contributed by atoms with Crippen molar-refractivity contribution in [2.45, 2.75) is 84.0 Å². The molecule has 116 valence electrons. The molecule has 0 aromatic carbocycles. The van der Waals surface area contributed by atoms with Crippen LogP contribution in [0.1, 0.15) is 84.4 Å². The number of aromatic nitrogens is 1. The Hall–Kier alpha value is 0.420. The lowest BCUT2D eigenvalue weighted by Gasteiger charge is -2.26. The van der Waals surface area contributed by atoms with Gasteiger partial charge in [0.1, 0.15) is 0 Å². The highest BCUT2D eigenvalue weighted by molar-refractivity contribution is 14.1. The van der Waals surface area contributed by atoms with Crippen LogP contribution >= 0.6 is 38.5 Å². The van der Waals surface area contributed by atoms with Crippen LogP contribution < -0.4 is 0 Å². The van der Waals surface area contributed by atoms with Gasteiger partial charge in [-0.25, -0.2) is 4.98 Å². The van der Waals surface area contributed by atoms with E-state index in [1.165, 1.54) is 57.8 Å². The van der Waals surface area contributed by atoms with Crippen molar-refractivity contribution in [2.24, 2.45) is 0 Å². The number of hydrogen-bond acceptors (Lipinski definition) is 2. The highest BCUT2D eigenvalue weighted by atomic mass is 127. The largest absolute Gasteiger partial charge is 0.433 e. The first-order valence-electron chi connectivity index (χ1n) is 7.85. The van der Waals surface area contributed by atoms with E-state index in [1.807, 2.05) is 0 Å². The molecule has 0 N–H and O–H groups in total. The van der Waals surface area contributed by atoms with E-state index in [2.05, 4.69) is 64.3 Å². The number of nitrogens with zero attached hydrogens (tertiary/aromatic N) is 1. The zero-order chi connectivity index (χ0) is 15.0. The molecule has 0 aliphatic heterocycles. The topological polar surface area (TPSA) is 26.0 Å². The van der Waals surface area contributed by atoms with Gasteiger partial charge in [0.05, 0.1) is 0 Å². The third-order valence-electron chi connectivity index (χ3n) is 3.98. The monoisotopic (exact) mass is 455 g/mol. The van der Waals surface area contributed by atoms with Crippen molar-refractivity contribution >= 4 is 38.5 Å². The fourth-order valence-corrected chi connectivity index (χ4v) is 3.14. The second-order valence-electron chi connectivity index (χ2n) is 5.91. The first-order valence-corrected chi connectivity index (χ1v) is 9.73. The molecular formula is C16H27BrINO. The minimum absolute atomic E-state index is 0.0914. The molecule has 0 fully saturated rings. The Morgan fingerprint density at radius 3 is 2.20 bits per heavy atom. The minimum Gasteiger partial charge on any atom is -0.433 e. The second kappa shape index (κ2) is 9.44. The van der Waals surface area contributed by atoms with Gasteiger partial charge in [0.2, 0.25) is 5.89 Å². The van der Waals surface area contributed by atoms with Crippen LogP contribution in [0.3, 0.4) is 0 Å². The van der Waals surface area contributed by atoms with Crippen LogP contribution in [0, 0.1) is 3.77 Å². The number of oxazole rings is 1. The zero-order valence-corrected chi connectivity index (χ0v) is 16.7. The summed E-state index contributed by atoms with van der Waals surface area (Å²) in [6, 6.07) is 0. The number of rotatable bonds is 10. The summed E-state index contributed by atoms with van der Waals surface area (Å²) in [4.78, 5) is 4.59. The summed E-state index contributed by atoms with van der Waals surface area (Å²) in [7, 11) is 0. The highest BCUT2D eigenvalue weighted by Crippen LogP contribution is 2.36. The molecule has 0 aliphatic carbocycles. The summed E-state index contributed by atoms with van der Waals surface area (Å²) in [5.74, 6) is 0.915. The Labute approximate surface area is 145 Å². The van der Waals surface area contributed by atoms with Gasteiger partial charge in [-0.1, -0.05) is 65.7 Å². The van der Waals surface area contributed by atoms with Gasteiger partial charge >= 0.3 is 0 Å². The van der Waals surface area contributed by atoms with Crippen molar-refractivity contribution in [1.82, 2.24) is 4.98 Å².